The third kappa shape index (κ3) is 3.01. The van der Waals surface area contributed by atoms with Gasteiger partial charge in [0.15, 0.2) is 0 Å². The number of aromatic nitrogens is 2. The summed E-state index contributed by atoms with van der Waals surface area (Å²) >= 11 is 1.55. The Hall–Kier alpha value is -1.98. The van der Waals surface area contributed by atoms with Gasteiger partial charge in [-0.05, 0) is 30.9 Å². The molecule has 1 aliphatic heterocycles. The molecule has 0 radical (unpaired) electrons. The minimum absolute atomic E-state index is 0.0276. The largest absolute Gasteiger partial charge is 0.309 e. The summed E-state index contributed by atoms with van der Waals surface area (Å²) in [6, 6.07) is 10.0. The van der Waals surface area contributed by atoms with Crippen LogP contribution in [0.3, 0.4) is 0 Å². The summed E-state index contributed by atoms with van der Waals surface area (Å²) in [5.41, 5.74) is 2.01. The average Bonchev–Trinajstić information content (AvgIpc) is 3.00. The number of hydrogen-bond donors (Lipinski definition) is 1. The minimum Gasteiger partial charge on any atom is -0.309 e. The summed E-state index contributed by atoms with van der Waals surface area (Å²) in [6.45, 7) is 5.19. The molecule has 0 bridgehead atoms. The Balaban J connectivity index is 1.68. The van der Waals surface area contributed by atoms with Gasteiger partial charge in [-0.1, -0.05) is 37.3 Å². The van der Waals surface area contributed by atoms with Crippen LogP contribution < -0.4 is 5.56 Å². The molecule has 1 aliphatic rings. The number of fused-ring (bicyclic) bond motifs is 1. The van der Waals surface area contributed by atoms with Crippen molar-refractivity contribution in [3.63, 3.8) is 0 Å². The number of piperidine rings is 1. The molecule has 0 amide bonds. The van der Waals surface area contributed by atoms with Gasteiger partial charge in [-0.3, -0.25) is 9.69 Å². The van der Waals surface area contributed by atoms with Gasteiger partial charge < -0.3 is 4.98 Å². The molecule has 0 unspecified atom stereocenters. The Labute approximate surface area is 145 Å². The van der Waals surface area contributed by atoms with Crippen LogP contribution in [0.15, 0.2) is 40.5 Å². The van der Waals surface area contributed by atoms with Crippen LogP contribution in [-0.2, 0) is 6.54 Å². The quantitative estimate of drug-likeness (QED) is 0.788. The predicted octanol–water partition coefficient (Wildman–Crippen LogP) is 3.88. The summed E-state index contributed by atoms with van der Waals surface area (Å²) in [5, 5.41) is 2.75. The van der Waals surface area contributed by atoms with Crippen molar-refractivity contribution >= 4 is 21.6 Å². The second-order valence-electron chi connectivity index (χ2n) is 6.69. The van der Waals surface area contributed by atoms with Gasteiger partial charge in [-0.2, -0.15) is 0 Å². The van der Waals surface area contributed by atoms with E-state index in [0.29, 0.717) is 5.39 Å². The van der Waals surface area contributed by atoms with E-state index in [1.165, 1.54) is 12.8 Å². The smallest absolute Gasteiger partial charge is 0.260 e. The summed E-state index contributed by atoms with van der Waals surface area (Å²) in [7, 11) is 0. The standard InChI is InChI=1S/C19H21N3OS/c1-13-6-5-9-22(10-13)11-16-20-18(23)17-15(12-24-19(17)21-16)14-7-3-2-4-8-14/h2-4,7-8,12-13H,5-6,9-11H2,1H3,(H,20,21,23)/t13-/m0/s1. The zero-order chi connectivity index (χ0) is 16.5. The SMILES string of the molecule is C[C@H]1CCCN(Cc2nc3scc(-c4ccccc4)c3c(=O)[nH]2)C1. The van der Waals surface area contributed by atoms with Crippen molar-refractivity contribution < 1.29 is 0 Å². The maximum absolute atomic E-state index is 12.7. The summed E-state index contributed by atoms with van der Waals surface area (Å²) in [4.78, 5) is 23.6. The van der Waals surface area contributed by atoms with E-state index >= 15 is 0 Å². The van der Waals surface area contributed by atoms with Crippen LogP contribution in [0.2, 0.25) is 0 Å². The van der Waals surface area contributed by atoms with Gasteiger partial charge in [0.05, 0.1) is 11.9 Å². The Kier molecular flexibility index (Phi) is 4.21. The number of H-pyrrole nitrogens is 1. The molecular formula is C19H21N3OS. The number of rotatable bonds is 3. The number of nitrogens with one attached hydrogen (secondary N) is 1. The van der Waals surface area contributed by atoms with Crippen LogP contribution in [0, 0.1) is 5.92 Å². The van der Waals surface area contributed by atoms with Crippen LogP contribution in [0.5, 0.6) is 0 Å². The molecule has 1 N–H and O–H groups in total. The minimum atomic E-state index is -0.0276. The van der Waals surface area contributed by atoms with Gasteiger partial charge in [0.25, 0.3) is 5.56 Å². The van der Waals surface area contributed by atoms with Crippen molar-refractivity contribution in [3.8, 4) is 11.1 Å². The highest BCUT2D eigenvalue weighted by Crippen LogP contribution is 2.30. The number of hydrogen-bond acceptors (Lipinski definition) is 4. The van der Waals surface area contributed by atoms with Crippen LogP contribution in [0.25, 0.3) is 21.3 Å². The maximum Gasteiger partial charge on any atom is 0.260 e. The van der Waals surface area contributed by atoms with E-state index in [2.05, 4.69) is 16.8 Å². The van der Waals surface area contributed by atoms with Gasteiger partial charge in [-0.15, -0.1) is 11.3 Å². The molecule has 3 aromatic rings. The molecule has 1 saturated heterocycles. The lowest BCUT2D eigenvalue weighted by Crippen LogP contribution is -2.34. The van der Waals surface area contributed by atoms with E-state index in [9.17, 15) is 4.79 Å². The molecule has 4 rings (SSSR count). The van der Waals surface area contributed by atoms with Crippen molar-refractivity contribution in [2.75, 3.05) is 13.1 Å². The highest BCUT2D eigenvalue weighted by atomic mass is 32.1. The molecular weight excluding hydrogens is 318 g/mol. The van der Waals surface area contributed by atoms with E-state index in [1.807, 2.05) is 35.7 Å². The van der Waals surface area contributed by atoms with E-state index < -0.39 is 0 Å². The van der Waals surface area contributed by atoms with Crippen molar-refractivity contribution in [2.45, 2.75) is 26.3 Å². The van der Waals surface area contributed by atoms with E-state index in [-0.39, 0.29) is 5.56 Å². The molecule has 0 saturated carbocycles. The van der Waals surface area contributed by atoms with Gasteiger partial charge in [0.2, 0.25) is 0 Å². The van der Waals surface area contributed by atoms with Gasteiger partial charge >= 0.3 is 0 Å². The second-order valence-corrected chi connectivity index (χ2v) is 7.55. The molecule has 5 heteroatoms. The number of nitrogens with zero attached hydrogens (tertiary/aromatic N) is 2. The number of aromatic amines is 1. The second kappa shape index (κ2) is 6.49. The van der Waals surface area contributed by atoms with E-state index in [4.69, 9.17) is 4.98 Å². The average molecular weight is 339 g/mol. The third-order valence-electron chi connectivity index (χ3n) is 4.69. The van der Waals surface area contributed by atoms with Crippen molar-refractivity contribution in [1.82, 2.24) is 14.9 Å². The highest BCUT2D eigenvalue weighted by Gasteiger charge is 2.18. The molecule has 3 heterocycles. The zero-order valence-electron chi connectivity index (χ0n) is 13.8. The van der Waals surface area contributed by atoms with Crippen LogP contribution in [-0.4, -0.2) is 28.0 Å². The first kappa shape index (κ1) is 15.5. The van der Waals surface area contributed by atoms with Gasteiger partial charge in [0, 0.05) is 17.5 Å². The number of thiophene rings is 1. The maximum atomic E-state index is 12.7. The molecule has 2 aromatic heterocycles. The van der Waals surface area contributed by atoms with E-state index in [1.54, 1.807) is 11.3 Å². The lowest BCUT2D eigenvalue weighted by Gasteiger charge is -2.30. The third-order valence-corrected chi connectivity index (χ3v) is 5.56. The van der Waals surface area contributed by atoms with Crippen molar-refractivity contribution in [3.05, 3.63) is 51.9 Å². The summed E-state index contributed by atoms with van der Waals surface area (Å²) < 4.78 is 0. The fourth-order valence-corrected chi connectivity index (χ4v) is 4.51. The lowest BCUT2D eigenvalue weighted by atomic mass is 10.0. The Morgan fingerprint density at radius 2 is 2.17 bits per heavy atom. The topological polar surface area (TPSA) is 49.0 Å². The Bertz CT molecular complexity index is 900. The molecule has 1 fully saturated rings. The Morgan fingerprint density at radius 1 is 1.33 bits per heavy atom. The summed E-state index contributed by atoms with van der Waals surface area (Å²) in [5.74, 6) is 1.50. The van der Waals surface area contributed by atoms with Gasteiger partial charge in [0.1, 0.15) is 10.7 Å². The fourth-order valence-electron chi connectivity index (χ4n) is 3.54. The highest BCUT2D eigenvalue weighted by molar-refractivity contribution is 7.17. The first-order chi connectivity index (χ1) is 11.7. The first-order valence-electron chi connectivity index (χ1n) is 8.49. The monoisotopic (exact) mass is 339 g/mol. The molecule has 124 valence electrons. The summed E-state index contributed by atoms with van der Waals surface area (Å²) in [6.07, 6.45) is 2.52. The lowest BCUT2D eigenvalue weighted by molar-refractivity contribution is 0.173. The van der Waals surface area contributed by atoms with Crippen molar-refractivity contribution in [1.29, 1.82) is 0 Å². The number of likely N-dealkylation sites (tertiary alicyclic amines) is 1. The Morgan fingerprint density at radius 3 is 2.96 bits per heavy atom. The van der Waals surface area contributed by atoms with E-state index in [0.717, 1.165) is 47.3 Å². The molecule has 0 aliphatic carbocycles. The van der Waals surface area contributed by atoms with Gasteiger partial charge in [-0.25, -0.2) is 4.98 Å². The van der Waals surface area contributed by atoms with Crippen LogP contribution in [0.1, 0.15) is 25.6 Å². The van der Waals surface area contributed by atoms with Crippen LogP contribution in [0.4, 0.5) is 0 Å². The number of benzene rings is 1. The normalized spacial score (nSPS) is 19.0. The zero-order valence-corrected chi connectivity index (χ0v) is 14.6. The first-order valence-corrected chi connectivity index (χ1v) is 9.37. The molecule has 0 spiro atoms. The molecule has 1 atom stereocenters. The molecule has 4 nitrogen and oxygen atoms in total. The van der Waals surface area contributed by atoms with Crippen LogP contribution >= 0.6 is 11.3 Å². The predicted molar refractivity (Wildman–Crippen MR) is 99.4 cm³/mol. The molecule has 24 heavy (non-hydrogen) atoms. The van der Waals surface area contributed by atoms with Crippen molar-refractivity contribution in [2.24, 2.45) is 5.92 Å². The molecule has 1 aromatic carbocycles. The fraction of sp³-hybridized carbons (Fsp3) is 0.368.